The van der Waals surface area contributed by atoms with E-state index in [1.54, 1.807) is 20.8 Å². The Balaban J connectivity index is 2.36. The molecule has 0 aliphatic heterocycles. The first-order valence-corrected chi connectivity index (χ1v) is 7.33. The number of carbonyl (C=O) groups excluding carboxylic acids is 1. The number of rotatable bonds is 2. The lowest BCUT2D eigenvalue weighted by atomic mass is 10.2. The van der Waals surface area contributed by atoms with Crippen molar-refractivity contribution in [2.24, 2.45) is 0 Å². The van der Waals surface area contributed by atoms with Crippen molar-refractivity contribution >= 4 is 27.8 Å². The first-order chi connectivity index (χ1) is 10.3. The molecule has 0 saturated heterocycles. The van der Waals surface area contributed by atoms with Crippen LogP contribution in [0, 0.1) is 11.3 Å². The minimum atomic E-state index is -0.638. The van der Waals surface area contributed by atoms with Gasteiger partial charge in [-0.3, -0.25) is 5.32 Å². The summed E-state index contributed by atoms with van der Waals surface area (Å²) < 4.78 is 7.56. The van der Waals surface area contributed by atoms with E-state index in [0.717, 1.165) is 4.47 Å². The van der Waals surface area contributed by atoms with E-state index in [0.29, 0.717) is 5.69 Å². The maximum Gasteiger partial charge on any atom is 0.413 e. The number of amides is 1. The molecule has 114 valence electrons. The predicted octanol–water partition coefficient (Wildman–Crippen LogP) is 3.85. The van der Waals surface area contributed by atoms with Gasteiger partial charge >= 0.3 is 6.09 Å². The normalized spacial score (nSPS) is 10.9. The Morgan fingerprint density at radius 3 is 2.77 bits per heavy atom. The third-order valence-electron chi connectivity index (χ3n) is 2.56. The highest BCUT2D eigenvalue weighted by atomic mass is 79.9. The van der Waals surface area contributed by atoms with E-state index >= 15 is 0 Å². The first kappa shape index (κ1) is 16.0. The Hall–Kier alpha value is -2.33. The molecule has 0 atom stereocenters. The first-order valence-electron chi connectivity index (χ1n) is 6.54. The van der Waals surface area contributed by atoms with Gasteiger partial charge in [0.05, 0.1) is 11.9 Å². The largest absolute Gasteiger partial charge is 0.444 e. The van der Waals surface area contributed by atoms with Gasteiger partial charge in [-0.25, -0.2) is 9.48 Å². The zero-order chi connectivity index (χ0) is 16.3. The Bertz CT molecular complexity index is 741. The number of hydrogen-bond donors (Lipinski definition) is 1. The van der Waals surface area contributed by atoms with Gasteiger partial charge in [-0.1, -0.05) is 22.0 Å². The van der Waals surface area contributed by atoms with Gasteiger partial charge in [0.1, 0.15) is 17.2 Å². The Morgan fingerprint density at radius 1 is 1.45 bits per heavy atom. The van der Waals surface area contributed by atoms with Crippen molar-refractivity contribution < 1.29 is 9.53 Å². The zero-order valence-electron chi connectivity index (χ0n) is 12.4. The lowest BCUT2D eigenvalue weighted by Crippen LogP contribution is -2.28. The fourth-order valence-electron chi connectivity index (χ4n) is 1.75. The van der Waals surface area contributed by atoms with E-state index in [4.69, 9.17) is 4.74 Å². The van der Waals surface area contributed by atoms with Gasteiger partial charge in [0.25, 0.3) is 0 Å². The highest BCUT2D eigenvalue weighted by Crippen LogP contribution is 2.22. The summed E-state index contributed by atoms with van der Waals surface area (Å²) in [7, 11) is 0. The molecule has 1 heterocycles. The molecule has 0 aliphatic carbocycles. The fraction of sp³-hybridized carbons (Fsp3) is 0.267. The Kier molecular flexibility index (Phi) is 4.52. The minimum absolute atomic E-state index is 0.255. The second kappa shape index (κ2) is 6.20. The molecule has 22 heavy (non-hydrogen) atoms. The number of halogens is 1. The Morgan fingerprint density at radius 2 is 2.18 bits per heavy atom. The van der Waals surface area contributed by atoms with Crippen LogP contribution in [0.3, 0.4) is 0 Å². The molecule has 0 fully saturated rings. The second-order valence-electron chi connectivity index (χ2n) is 5.54. The summed E-state index contributed by atoms with van der Waals surface area (Å²) in [5.74, 6) is 0.273. The summed E-state index contributed by atoms with van der Waals surface area (Å²) in [6.07, 6.45) is 0.758. The molecule has 2 aromatic rings. The van der Waals surface area contributed by atoms with E-state index in [-0.39, 0.29) is 11.4 Å². The molecule has 7 heteroatoms. The minimum Gasteiger partial charge on any atom is -0.444 e. The molecule has 1 N–H and O–H groups in total. The maximum absolute atomic E-state index is 12.0. The number of carbonyl (C=O) groups is 1. The maximum atomic E-state index is 12.0. The number of nitrogens with zero attached hydrogens (tertiary/aromatic N) is 3. The summed E-state index contributed by atoms with van der Waals surface area (Å²) in [6, 6.07) is 9.36. The van der Waals surface area contributed by atoms with Gasteiger partial charge in [-0.05, 0) is 39.0 Å². The fourth-order valence-corrected chi connectivity index (χ4v) is 2.14. The van der Waals surface area contributed by atoms with Crippen molar-refractivity contribution in [3.8, 4) is 11.8 Å². The molecular weight excluding hydrogens is 348 g/mol. The number of ether oxygens (including phenoxy) is 1. The van der Waals surface area contributed by atoms with Crippen molar-refractivity contribution in [3.63, 3.8) is 0 Å². The number of hydrogen-bond acceptors (Lipinski definition) is 4. The van der Waals surface area contributed by atoms with Crippen LogP contribution in [-0.2, 0) is 4.74 Å². The SMILES string of the molecule is CC(C)(C)OC(=O)Nc1c(C#N)cnn1-c1cccc(Br)c1. The molecule has 0 radical (unpaired) electrons. The van der Waals surface area contributed by atoms with Crippen LogP contribution in [0.15, 0.2) is 34.9 Å². The van der Waals surface area contributed by atoms with Crippen molar-refractivity contribution in [2.75, 3.05) is 5.32 Å². The molecule has 0 unspecified atom stereocenters. The van der Waals surface area contributed by atoms with E-state index in [1.807, 2.05) is 30.3 Å². The standard InChI is InChI=1S/C15H15BrN4O2/c1-15(2,3)22-14(21)19-13-10(8-17)9-18-20(13)12-6-4-5-11(16)7-12/h4-7,9H,1-3H3,(H,19,21). The highest BCUT2D eigenvalue weighted by Gasteiger charge is 2.20. The molecule has 1 aromatic heterocycles. The molecule has 0 bridgehead atoms. The predicted molar refractivity (Wildman–Crippen MR) is 85.8 cm³/mol. The van der Waals surface area contributed by atoms with Crippen LogP contribution < -0.4 is 5.32 Å². The molecule has 6 nitrogen and oxygen atoms in total. The quantitative estimate of drug-likeness (QED) is 0.879. The van der Waals surface area contributed by atoms with E-state index in [1.165, 1.54) is 10.9 Å². The summed E-state index contributed by atoms with van der Waals surface area (Å²) in [4.78, 5) is 12.0. The zero-order valence-corrected chi connectivity index (χ0v) is 14.0. The monoisotopic (exact) mass is 362 g/mol. The molecule has 0 saturated carbocycles. The van der Waals surface area contributed by atoms with Crippen molar-refractivity contribution in [1.29, 1.82) is 5.26 Å². The average molecular weight is 363 g/mol. The van der Waals surface area contributed by atoms with Gasteiger partial charge in [0.2, 0.25) is 0 Å². The third-order valence-corrected chi connectivity index (χ3v) is 3.06. The summed E-state index contributed by atoms with van der Waals surface area (Å²) in [5, 5.41) is 15.9. The van der Waals surface area contributed by atoms with E-state index in [9.17, 15) is 10.1 Å². The summed E-state index contributed by atoms with van der Waals surface area (Å²) in [5.41, 5.74) is 0.338. The number of nitriles is 1. The van der Waals surface area contributed by atoms with Crippen LogP contribution in [0.2, 0.25) is 0 Å². The van der Waals surface area contributed by atoms with Crippen molar-refractivity contribution in [2.45, 2.75) is 26.4 Å². The topological polar surface area (TPSA) is 79.9 Å². The highest BCUT2D eigenvalue weighted by molar-refractivity contribution is 9.10. The van der Waals surface area contributed by atoms with E-state index in [2.05, 4.69) is 26.3 Å². The lowest BCUT2D eigenvalue weighted by molar-refractivity contribution is 0.0635. The number of benzene rings is 1. The van der Waals surface area contributed by atoms with Gasteiger partial charge < -0.3 is 4.74 Å². The lowest BCUT2D eigenvalue weighted by Gasteiger charge is -2.20. The van der Waals surface area contributed by atoms with Gasteiger partial charge in [0.15, 0.2) is 5.82 Å². The number of aromatic nitrogens is 2. The van der Waals surface area contributed by atoms with Crippen molar-refractivity contribution in [1.82, 2.24) is 9.78 Å². The third kappa shape index (κ3) is 3.86. The van der Waals surface area contributed by atoms with E-state index < -0.39 is 11.7 Å². The number of anilines is 1. The molecule has 1 aromatic carbocycles. The summed E-state index contributed by atoms with van der Waals surface area (Å²) in [6.45, 7) is 5.30. The van der Waals surface area contributed by atoms with Crippen molar-refractivity contribution in [3.05, 3.63) is 40.5 Å². The molecule has 0 aliphatic rings. The van der Waals surface area contributed by atoms with Crippen LogP contribution >= 0.6 is 15.9 Å². The number of nitrogens with one attached hydrogen (secondary N) is 1. The van der Waals surface area contributed by atoms with Crippen LogP contribution in [0.25, 0.3) is 5.69 Å². The van der Waals surface area contributed by atoms with Gasteiger partial charge in [-0.2, -0.15) is 10.4 Å². The molecule has 2 rings (SSSR count). The average Bonchev–Trinajstić information content (AvgIpc) is 2.79. The van der Waals surface area contributed by atoms with Crippen LogP contribution in [0.5, 0.6) is 0 Å². The van der Waals surface area contributed by atoms with Gasteiger partial charge in [-0.15, -0.1) is 0 Å². The smallest absolute Gasteiger partial charge is 0.413 e. The molecular formula is C15H15BrN4O2. The van der Waals surface area contributed by atoms with Crippen LogP contribution in [0.4, 0.5) is 10.6 Å². The summed E-state index contributed by atoms with van der Waals surface area (Å²) >= 11 is 3.38. The molecule has 1 amide bonds. The molecule has 0 spiro atoms. The van der Waals surface area contributed by atoms with Crippen LogP contribution in [0.1, 0.15) is 26.3 Å². The second-order valence-corrected chi connectivity index (χ2v) is 6.45. The Labute approximate surface area is 136 Å². The van der Waals surface area contributed by atoms with Crippen LogP contribution in [-0.4, -0.2) is 21.5 Å². The van der Waals surface area contributed by atoms with Gasteiger partial charge in [0, 0.05) is 4.47 Å².